The lowest BCUT2D eigenvalue weighted by Gasteiger charge is -2.33. The van der Waals surface area contributed by atoms with Crippen molar-refractivity contribution in [3.63, 3.8) is 0 Å². The standard InChI is InChI=1S/C14H20N4/c1-18-7-6-15-9-12(18)4-2-11-3-5-13-14(8-11)17-10-16-13/h3,5,8,10,12,15H,2,4,6-7,9H2,1H3,(H,16,17). The van der Waals surface area contributed by atoms with Crippen LogP contribution in [0.25, 0.3) is 11.0 Å². The second kappa shape index (κ2) is 5.08. The molecule has 0 radical (unpaired) electrons. The molecule has 2 N–H and O–H groups in total. The first kappa shape index (κ1) is 11.7. The van der Waals surface area contributed by atoms with Crippen LogP contribution in [0.3, 0.4) is 0 Å². The molecule has 18 heavy (non-hydrogen) atoms. The largest absolute Gasteiger partial charge is 0.345 e. The number of benzene rings is 1. The third-order valence-electron chi connectivity index (χ3n) is 3.90. The molecule has 2 aromatic rings. The first-order valence-electron chi connectivity index (χ1n) is 6.66. The molecule has 96 valence electrons. The number of aryl methyl sites for hydroxylation is 1. The second-order valence-corrected chi connectivity index (χ2v) is 5.13. The van der Waals surface area contributed by atoms with Crippen molar-refractivity contribution in [2.45, 2.75) is 18.9 Å². The number of nitrogens with zero attached hydrogens (tertiary/aromatic N) is 2. The summed E-state index contributed by atoms with van der Waals surface area (Å²) >= 11 is 0. The number of hydrogen-bond acceptors (Lipinski definition) is 3. The van der Waals surface area contributed by atoms with Gasteiger partial charge in [0.05, 0.1) is 17.4 Å². The molecule has 1 aliphatic rings. The number of aromatic nitrogens is 2. The predicted octanol–water partition coefficient (Wildman–Crippen LogP) is 1.40. The first-order chi connectivity index (χ1) is 8.83. The quantitative estimate of drug-likeness (QED) is 0.858. The lowest BCUT2D eigenvalue weighted by molar-refractivity contribution is 0.191. The molecule has 2 heterocycles. The molecular weight excluding hydrogens is 224 g/mol. The molecule has 4 nitrogen and oxygen atoms in total. The van der Waals surface area contributed by atoms with Crippen molar-refractivity contribution in [3.05, 3.63) is 30.1 Å². The van der Waals surface area contributed by atoms with Gasteiger partial charge in [-0.15, -0.1) is 0 Å². The number of piperazine rings is 1. The monoisotopic (exact) mass is 244 g/mol. The second-order valence-electron chi connectivity index (χ2n) is 5.13. The van der Waals surface area contributed by atoms with Crippen molar-refractivity contribution >= 4 is 11.0 Å². The van der Waals surface area contributed by atoms with Gasteiger partial charge in [0.25, 0.3) is 0 Å². The molecule has 1 aliphatic heterocycles. The van der Waals surface area contributed by atoms with Crippen LogP contribution in [0.15, 0.2) is 24.5 Å². The molecule has 1 unspecified atom stereocenters. The normalized spacial score (nSPS) is 21.5. The third-order valence-corrected chi connectivity index (χ3v) is 3.90. The Bertz CT molecular complexity index is 519. The smallest absolute Gasteiger partial charge is 0.0931 e. The Morgan fingerprint density at radius 1 is 1.44 bits per heavy atom. The van der Waals surface area contributed by atoms with Gasteiger partial charge in [-0.1, -0.05) is 6.07 Å². The maximum atomic E-state index is 4.25. The van der Waals surface area contributed by atoms with Gasteiger partial charge in [0.1, 0.15) is 0 Å². The van der Waals surface area contributed by atoms with Gasteiger partial charge in [-0.2, -0.15) is 0 Å². The summed E-state index contributed by atoms with van der Waals surface area (Å²) in [5.74, 6) is 0. The minimum absolute atomic E-state index is 0.663. The average Bonchev–Trinajstić information content (AvgIpc) is 2.85. The zero-order valence-electron chi connectivity index (χ0n) is 10.8. The van der Waals surface area contributed by atoms with E-state index in [9.17, 15) is 0 Å². The van der Waals surface area contributed by atoms with Crippen molar-refractivity contribution < 1.29 is 0 Å². The zero-order chi connectivity index (χ0) is 12.4. The average molecular weight is 244 g/mol. The zero-order valence-corrected chi connectivity index (χ0v) is 10.8. The fourth-order valence-corrected chi connectivity index (χ4v) is 2.66. The molecule has 0 bridgehead atoms. The van der Waals surface area contributed by atoms with Crippen LogP contribution in [0, 0.1) is 0 Å². The van der Waals surface area contributed by atoms with Crippen LogP contribution in [0.5, 0.6) is 0 Å². The SMILES string of the molecule is CN1CCNCC1CCc1ccc2nc[nH]c2c1. The highest BCUT2D eigenvalue weighted by molar-refractivity contribution is 5.74. The highest BCUT2D eigenvalue weighted by Crippen LogP contribution is 2.15. The van der Waals surface area contributed by atoms with Crippen LogP contribution in [0.4, 0.5) is 0 Å². The molecule has 0 amide bonds. The number of likely N-dealkylation sites (N-methyl/N-ethyl adjacent to an activating group) is 1. The number of rotatable bonds is 3. The number of nitrogens with one attached hydrogen (secondary N) is 2. The van der Waals surface area contributed by atoms with Gasteiger partial charge in [0.2, 0.25) is 0 Å². The lowest BCUT2D eigenvalue weighted by Crippen LogP contribution is -2.49. The Morgan fingerprint density at radius 3 is 3.28 bits per heavy atom. The molecule has 0 spiro atoms. The van der Waals surface area contributed by atoms with Gasteiger partial charge in [-0.25, -0.2) is 4.98 Å². The Hall–Kier alpha value is -1.39. The number of aromatic amines is 1. The highest BCUT2D eigenvalue weighted by Gasteiger charge is 2.17. The summed E-state index contributed by atoms with van der Waals surface area (Å²) in [5.41, 5.74) is 3.59. The number of H-pyrrole nitrogens is 1. The lowest BCUT2D eigenvalue weighted by atomic mass is 10.0. The Labute approximate surface area is 107 Å². The van der Waals surface area contributed by atoms with Crippen molar-refractivity contribution in [2.75, 3.05) is 26.7 Å². The minimum Gasteiger partial charge on any atom is -0.345 e. The maximum Gasteiger partial charge on any atom is 0.0931 e. The fourth-order valence-electron chi connectivity index (χ4n) is 2.66. The van der Waals surface area contributed by atoms with E-state index in [1.807, 2.05) is 0 Å². The molecular formula is C14H20N4. The molecule has 1 atom stereocenters. The van der Waals surface area contributed by atoms with E-state index in [-0.39, 0.29) is 0 Å². The van der Waals surface area contributed by atoms with Crippen LogP contribution >= 0.6 is 0 Å². The van der Waals surface area contributed by atoms with Crippen LogP contribution in [0.1, 0.15) is 12.0 Å². The summed E-state index contributed by atoms with van der Waals surface area (Å²) in [6.07, 6.45) is 4.10. The van der Waals surface area contributed by atoms with E-state index in [4.69, 9.17) is 0 Å². The van der Waals surface area contributed by atoms with E-state index in [1.165, 1.54) is 12.0 Å². The summed E-state index contributed by atoms with van der Waals surface area (Å²) < 4.78 is 0. The number of fused-ring (bicyclic) bond motifs is 1. The number of imidazole rings is 1. The summed E-state index contributed by atoms with van der Waals surface area (Å²) in [6, 6.07) is 7.18. The van der Waals surface area contributed by atoms with Crippen LogP contribution < -0.4 is 5.32 Å². The summed E-state index contributed by atoms with van der Waals surface area (Å²) in [6.45, 7) is 3.39. The molecule has 0 aliphatic carbocycles. The molecule has 3 rings (SSSR count). The van der Waals surface area contributed by atoms with Crippen molar-refractivity contribution in [2.24, 2.45) is 0 Å². The Morgan fingerprint density at radius 2 is 2.39 bits per heavy atom. The maximum absolute atomic E-state index is 4.25. The summed E-state index contributed by atoms with van der Waals surface area (Å²) in [5, 5.41) is 3.47. The highest BCUT2D eigenvalue weighted by atomic mass is 15.2. The summed E-state index contributed by atoms with van der Waals surface area (Å²) in [7, 11) is 2.23. The van der Waals surface area contributed by atoms with Gasteiger partial charge < -0.3 is 15.2 Å². The van der Waals surface area contributed by atoms with E-state index in [0.717, 1.165) is 37.1 Å². The molecule has 4 heteroatoms. The molecule has 1 fully saturated rings. The Balaban J connectivity index is 1.65. The molecule has 1 aromatic heterocycles. The number of hydrogen-bond donors (Lipinski definition) is 2. The predicted molar refractivity (Wildman–Crippen MR) is 73.7 cm³/mol. The fraction of sp³-hybridized carbons (Fsp3) is 0.500. The summed E-state index contributed by atoms with van der Waals surface area (Å²) in [4.78, 5) is 9.88. The molecule has 0 saturated carbocycles. The van der Waals surface area contributed by atoms with Crippen LogP contribution in [0.2, 0.25) is 0 Å². The van der Waals surface area contributed by atoms with Crippen molar-refractivity contribution in [3.8, 4) is 0 Å². The van der Waals surface area contributed by atoms with E-state index in [1.54, 1.807) is 6.33 Å². The van der Waals surface area contributed by atoms with Crippen LogP contribution in [-0.2, 0) is 6.42 Å². The van der Waals surface area contributed by atoms with Crippen LogP contribution in [-0.4, -0.2) is 47.6 Å². The van der Waals surface area contributed by atoms with Crippen molar-refractivity contribution in [1.82, 2.24) is 20.2 Å². The first-order valence-corrected chi connectivity index (χ1v) is 6.66. The van der Waals surface area contributed by atoms with E-state index in [0.29, 0.717) is 6.04 Å². The Kier molecular flexibility index (Phi) is 3.30. The van der Waals surface area contributed by atoms with Crippen molar-refractivity contribution in [1.29, 1.82) is 0 Å². The van der Waals surface area contributed by atoms with Gasteiger partial charge >= 0.3 is 0 Å². The minimum atomic E-state index is 0.663. The molecule has 1 aromatic carbocycles. The third kappa shape index (κ3) is 2.40. The van der Waals surface area contributed by atoms with Gasteiger partial charge in [0, 0.05) is 25.7 Å². The van der Waals surface area contributed by atoms with E-state index in [2.05, 4.69) is 45.4 Å². The van der Waals surface area contributed by atoms with Gasteiger partial charge in [-0.3, -0.25) is 0 Å². The topological polar surface area (TPSA) is 44.0 Å². The van der Waals surface area contributed by atoms with Gasteiger partial charge in [-0.05, 0) is 37.6 Å². The van der Waals surface area contributed by atoms with E-state index >= 15 is 0 Å². The van der Waals surface area contributed by atoms with Gasteiger partial charge in [0.15, 0.2) is 0 Å². The van der Waals surface area contributed by atoms with E-state index < -0.39 is 0 Å². The molecule has 1 saturated heterocycles.